The Kier molecular flexibility index (Phi) is 5.98. The fourth-order valence-corrected chi connectivity index (χ4v) is 4.60. The number of hydrogen-bond donors (Lipinski definition) is 2. The number of phenols is 1. The zero-order valence-electron chi connectivity index (χ0n) is 19.9. The van der Waals surface area contributed by atoms with Crippen LogP contribution in [-0.4, -0.2) is 45.7 Å². The monoisotopic (exact) mass is 494 g/mol. The van der Waals surface area contributed by atoms with Crippen LogP contribution in [0.15, 0.2) is 46.6 Å². The van der Waals surface area contributed by atoms with Crippen molar-refractivity contribution in [2.75, 3.05) is 20.4 Å². The average molecular weight is 495 g/mol. The van der Waals surface area contributed by atoms with Gasteiger partial charge in [-0.3, -0.25) is 0 Å². The van der Waals surface area contributed by atoms with Crippen molar-refractivity contribution in [2.45, 2.75) is 26.8 Å². The zero-order chi connectivity index (χ0) is 24.7. The van der Waals surface area contributed by atoms with Crippen LogP contribution in [0.25, 0.3) is 17.0 Å². The molecule has 0 aliphatic carbocycles. The molecular formula is C25H26N4O5S. The molecule has 182 valence electrons. The van der Waals surface area contributed by atoms with Crippen molar-refractivity contribution in [3.05, 3.63) is 53.5 Å². The second kappa shape index (κ2) is 9.10. The zero-order valence-corrected chi connectivity index (χ0v) is 20.7. The van der Waals surface area contributed by atoms with Gasteiger partial charge in [-0.1, -0.05) is 25.1 Å². The molecule has 0 radical (unpaired) electrons. The predicted molar refractivity (Wildman–Crippen MR) is 133 cm³/mol. The lowest BCUT2D eigenvalue weighted by Crippen LogP contribution is -2.47. The molecule has 9 nitrogen and oxygen atoms in total. The first-order valence-corrected chi connectivity index (χ1v) is 11.7. The summed E-state index contributed by atoms with van der Waals surface area (Å²) < 4.78 is 21.9. The number of nitrogens with zero attached hydrogens (tertiary/aromatic N) is 3. The van der Waals surface area contributed by atoms with E-state index < -0.39 is 6.04 Å². The van der Waals surface area contributed by atoms with Gasteiger partial charge in [0, 0.05) is 17.8 Å². The number of rotatable bonds is 6. The minimum Gasteiger partial charge on any atom is -0.504 e. The maximum Gasteiger partial charge on any atom is 0.258 e. The van der Waals surface area contributed by atoms with Gasteiger partial charge in [0.15, 0.2) is 28.1 Å². The van der Waals surface area contributed by atoms with Crippen molar-refractivity contribution in [1.82, 2.24) is 20.4 Å². The van der Waals surface area contributed by atoms with Crippen LogP contribution in [0.2, 0.25) is 0 Å². The molecule has 0 bridgehead atoms. The first-order chi connectivity index (χ1) is 16.9. The van der Waals surface area contributed by atoms with E-state index in [1.54, 1.807) is 12.1 Å². The van der Waals surface area contributed by atoms with Gasteiger partial charge in [-0.15, -0.1) is 0 Å². The summed E-state index contributed by atoms with van der Waals surface area (Å²) in [5.41, 5.74) is 3.22. The molecule has 1 atom stereocenters. The lowest BCUT2D eigenvalue weighted by molar-refractivity contribution is 0.174. The molecule has 2 aliphatic rings. The third kappa shape index (κ3) is 4.25. The van der Waals surface area contributed by atoms with Crippen LogP contribution in [0, 0.1) is 5.92 Å². The number of nitrogens with one attached hydrogen (secondary N) is 1. The van der Waals surface area contributed by atoms with E-state index in [4.69, 9.17) is 35.9 Å². The molecule has 2 N–H and O–H groups in total. The Morgan fingerprint density at radius 3 is 2.74 bits per heavy atom. The van der Waals surface area contributed by atoms with Crippen LogP contribution in [0.3, 0.4) is 0 Å². The van der Waals surface area contributed by atoms with E-state index in [0.29, 0.717) is 40.0 Å². The maximum atomic E-state index is 10.4. The highest BCUT2D eigenvalue weighted by atomic mass is 32.1. The van der Waals surface area contributed by atoms with Crippen LogP contribution in [0.1, 0.15) is 38.3 Å². The third-order valence-electron chi connectivity index (χ3n) is 5.97. The largest absolute Gasteiger partial charge is 0.504 e. The summed E-state index contributed by atoms with van der Waals surface area (Å²) in [6.45, 7) is 7.17. The van der Waals surface area contributed by atoms with Crippen molar-refractivity contribution in [2.24, 2.45) is 5.92 Å². The summed E-state index contributed by atoms with van der Waals surface area (Å²) in [6.07, 6.45) is 0. The fraction of sp³-hybridized carbons (Fsp3) is 0.320. The van der Waals surface area contributed by atoms with Gasteiger partial charge in [-0.2, -0.15) is 4.98 Å². The van der Waals surface area contributed by atoms with Gasteiger partial charge in [0.2, 0.25) is 12.6 Å². The standard InChI is InChI=1S/C25H26N4O5S/c1-13(2)11-29-14(3)21(22(26-25(29)35)15-5-7-18(31-4)17(30)9-15)24-27-23(28-34-24)16-6-8-19-20(10-16)33-12-32-19/h5-10,13,22,30H,11-12H2,1-4H3,(H,26,35). The number of allylic oxidation sites excluding steroid dienone is 1. The molecule has 0 saturated carbocycles. The molecule has 0 spiro atoms. The quantitative estimate of drug-likeness (QED) is 0.476. The summed E-state index contributed by atoms with van der Waals surface area (Å²) in [6, 6.07) is 10.4. The lowest BCUT2D eigenvalue weighted by Gasteiger charge is -2.38. The second-order valence-corrected chi connectivity index (χ2v) is 9.20. The fourth-order valence-electron chi connectivity index (χ4n) is 4.27. The molecule has 10 heteroatoms. The smallest absolute Gasteiger partial charge is 0.258 e. The molecule has 3 heterocycles. The van der Waals surface area contributed by atoms with Crippen LogP contribution in [0.5, 0.6) is 23.0 Å². The Labute approximate surface area is 208 Å². The van der Waals surface area contributed by atoms with Crippen LogP contribution >= 0.6 is 12.2 Å². The van der Waals surface area contributed by atoms with E-state index in [1.807, 2.05) is 36.1 Å². The van der Waals surface area contributed by atoms with Crippen LogP contribution in [-0.2, 0) is 0 Å². The number of phenolic OH excluding ortho intramolecular Hbond substituents is 1. The molecule has 0 amide bonds. The Morgan fingerprint density at radius 1 is 1.20 bits per heavy atom. The third-order valence-corrected chi connectivity index (χ3v) is 6.31. The lowest BCUT2D eigenvalue weighted by atomic mass is 9.94. The highest BCUT2D eigenvalue weighted by Gasteiger charge is 2.34. The van der Waals surface area contributed by atoms with Crippen molar-refractivity contribution in [1.29, 1.82) is 0 Å². The Balaban J connectivity index is 1.59. The first-order valence-electron chi connectivity index (χ1n) is 11.3. The van der Waals surface area contributed by atoms with E-state index in [9.17, 15) is 5.11 Å². The van der Waals surface area contributed by atoms with Crippen molar-refractivity contribution in [3.63, 3.8) is 0 Å². The van der Waals surface area contributed by atoms with Gasteiger partial charge in [0.05, 0.1) is 18.7 Å². The molecule has 2 aliphatic heterocycles. The molecule has 1 aromatic heterocycles. The highest BCUT2D eigenvalue weighted by Crippen LogP contribution is 2.41. The molecule has 0 fully saturated rings. The number of methoxy groups -OCH3 is 1. The van der Waals surface area contributed by atoms with Gasteiger partial charge in [-0.05, 0) is 61.0 Å². The van der Waals surface area contributed by atoms with E-state index in [0.717, 1.165) is 28.9 Å². The predicted octanol–water partition coefficient (Wildman–Crippen LogP) is 4.50. The van der Waals surface area contributed by atoms with E-state index >= 15 is 0 Å². The summed E-state index contributed by atoms with van der Waals surface area (Å²) in [5.74, 6) is 2.91. The van der Waals surface area contributed by atoms with Crippen molar-refractivity contribution >= 4 is 22.9 Å². The normalized spacial score (nSPS) is 17.2. The van der Waals surface area contributed by atoms with Gasteiger partial charge < -0.3 is 34.1 Å². The maximum absolute atomic E-state index is 10.4. The van der Waals surface area contributed by atoms with Crippen LogP contribution in [0.4, 0.5) is 0 Å². The number of aromatic hydroxyl groups is 1. The number of aromatic nitrogens is 2. The van der Waals surface area contributed by atoms with Gasteiger partial charge >= 0.3 is 0 Å². The summed E-state index contributed by atoms with van der Waals surface area (Å²) in [7, 11) is 1.51. The Morgan fingerprint density at radius 2 is 2.00 bits per heavy atom. The minimum absolute atomic E-state index is 0.0332. The first kappa shape index (κ1) is 23.0. The van der Waals surface area contributed by atoms with Gasteiger partial charge in [0.25, 0.3) is 5.89 Å². The molecule has 35 heavy (non-hydrogen) atoms. The number of hydrogen-bond acceptors (Lipinski definition) is 8. The van der Waals surface area contributed by atoms with Crippen molar-refractivity contribution in [3.8, 4) is 34.4 Å². The number of fused-ring (bicyclic) bond motifs is 1. The van der Waals surface area contributed by atoms with Crippen LogP contribution < -0.4 is 19.5 Å². The number of benzene rings is 2. The van der Waals surface area contributed by atoms with Gasteiger partial charge in [-0.25, -0.2) is 0 Å². The topological polar surface area (TPSA) is 102 Å². The Bertz CT molecular complexity index is 1320. The van der Waals surface area contributed by atoms with Crippen molar-refractivity contribution < 1.29 is 23.8 Å². The molecule has 3 aromatic rings. The molecule has 5 rings (SSSR count). The Hall–Kier alpha value is -3.79. The molecule has 0 saturated heterocycles. The van der Waals surface area contributed by atoms with E-state index in [1.165, 1.54) is 7.11 Å². The van der Waals surface area contributed by atoms with E-state index in [-0.39, 0.29) is 12.5 Å². The summed E-state index contributed by atoms with van der Waals surface area (Å²) in [4.78, 5) is 6.76. The number of thiocarbonyl (C=S) groups is 1. The number of ether oxygens (including phenoxy) is 3. The van der Waals surface area contributed by atoms with E-state index in [2.05, 4.69) is 24.3 Å². The average Bonchev–Trinajstić information content (AvgIpc) is 3.50. The second-order valence-electron chi connectivity index (χ2n) is 8.81. The summed E-state index contributed by atoms with van der Waals surface area (Å²) in [5, 5.41) is 18.7. The van der Waals surface area contributed by atoms with Gasteiger partial charge in [0.1, 0.15) is 0 Å². The highest BCUT2D eigenvalue weighted by molar-refractivity contribution is 7.80. The summed E-state index contributed by atoms with van der Waals surface area (Å²) >= 11 is 5.71. The minimum atomic E-state index is -0.409. The molecule has 1 unspecified atom stereocenters. The molecular weight excluding hydrogens is 468 g/mol. The molecule has 2 aromatic carbocycles. The SMILES string of the molecule is COc1ccc(C2NC(=S)N(CC(C)C)C(C)=C2c2nc(-c3ccc4c(c3)OCO4)no2)cc1O.